The van der Waals surface area contributed by atoms with Crippen LogP contribution in [0, 0.1) is 0 Å². The number of esters is 1. The Morgan fingerprint density at radius 1 is 1.30 bits per heavy atom. The van der Waals surface area contributed by atoms with E-state index < -0.39 is 0 Å². The lowest BCUT2D eigenvalue weighted by molar-refractivity contribution is -0.144. The summed E-state index contributed by atoms with van der Waals surface area (Å²) in [6.07, 6.45) is 3.96. The lowest BCUT2D eigenvalue weighted by atomic mass is 10.0. The van der Waals surface area contributed by atoms with E-state index in [-0.39, 0.29) is 12.0 Å². The Bertz CT molecular complexity index is 316. The van der Waals surface area contributed by atoms with E-state index in [1.165, 1.54) is 6.42 Å². The van der Waals surface area contributed by atoms with E-state index in [0.717, 1.165) is 39.0 Å². The number of hydrogen-bond acceptors (Lipinski definition) is 5. The molecule has 2 aliphatic rings. The summed E-state index contributed by atoms with van der Waals surface area (Å²) in [6, 6.07) is 1.32. The Kier molecular flexibility index (Phi) is 5.81. The maximum Gasteiger partial charge on any atom is 0.307 e. The number of hydrogen-bond donors (Lipinski definition) is 1. The van der Waals surface area contributed by atoms with Gasteiger partial charge in [0.1, 0.15) is 0 Å². The van der Waals surface area contributed by atoms with Crippen LogP contribution in [-0.2, 0) is 9.53 Å². The number of piperidine rings is 1. The highest BCUT2D eigenvalue weighted by Crippen LogP contribution is 2.22. The number of nitrogens with zero attached hydrogens (tertiary/aromatic N) is 2. The van der Waals surface area contributed by atoms with Gasteiger partial charge in [-0.2, -0.15) is 0 Å². The smallest absolute Gasteiger partial charge is 0.307 e. The summed E-state index contributed by atoms with van der Waals surface area (Å²) in [4.78, 5) is 16.6. The van der Waals surface area contributed by atoms with Crippen molar-refractivity contribution in [1.29, 1.82) is 0 Å². The highest BCUT2D eigenvalue weighted by molar-refractivity contribution is 5.70. The molecule has 2 aliphatic heterocycles. The maximum atomic E-state index is 11.6. The summed E-state index contributed by atoms with van der Waals surface area (Å²) in [6.45, 7) is 8.89. The van der Waals surface area contributed by atoms with E-state index in [0.29, 0.717) is 25.1 Å². The van der Waals surface area contributed by atoms with Crippen molar-refractivity contribution in [1.82, 2.24) is 9.80 Å². The maximum absolute atomic E-state index is 11.6. The van der Waals surface area contributed by atoms with Crippen molar-refractivity contribution in [2.75, 3.05) is 32.8 Å². The predicted molar refractivity (Wildman–Crippen MR) is 79.5 cm³/mol. The van der Waals surface area contributed by atoms with Gasteiger partial charge in [0.2, 0.25) is 0 Å². The monoisotopic (exact) mass is 283 g/mol. The van der Waals surface area contributed by atoms with Crippen molar-refractivity contribution in [3.63, 3.8) is 0 Å². The molecule has 2 rings (SSSR count). The predicted octanol–water partition coefficient (Wildman–Crippen LogP) is 0.826. The van der Waals surface area contributed by atoms with Gasteiger partial charge in [-0.3, -0.25) is 14.6 Å². The van der Waals surface area contributed by atoms with Crippen molar-refractivity contribution in [3.8, 4) is 0 Å². The highest BCUT2D eigenvalue weighted by Gasteiger charge is 2.32. The molecule has 116 valence electrons. The molecule has 2 heterocycles. The van der Waals surface area contributed by atoms with Crippen LogP contribution in [0.5, 0.6) is 0 Å². The number of likely N-dealkylation sites (tertiary alicyclic amines) is 2. The van der Waals surface area contributed by atoms with Crippen LogP contribution in [0.15, 0.2) is 0 Å². The lowest BCUT2D eigenvalue weighted by Crippen LogP contribution is -2.46. The van der Waals surface area contributed by atoms with Gasteiger partial charge in [0.25, 0.3) is 0 Å². The third-order valence-electron chi connectivity index (χ3n) is 4.68. The highest BCUT2D eigenvalue weighted by atomic mass is 16.5. The Morgan fingerprint density at radius 2 is 2.00 bits per heavy atom. The van der Waals surface area contributed by atoms with E-state index in [1.54, 1.807) is 0 Å². The van der Waals surface area contributed by atoms with Crippen LogP contribution in [-0.4, -0.2) is 66.7 Å². The average molecular weight is 283 g/mol. The number of ether oxygens (including phenoxy) is 1. The van der Waals surface area contributed by atoms with E-state index in [2.05, 4.69) is 16.7 Å². The van der Waals surface area contributed by atoms with Crippen LogP contribution >= 0.6 is 0 Å². The number of carbonyl (C=O) groups is 1. The van der Waals surface area contributed by atoms with Gasteiger partial charge in [-0.25, -0.2) is 0 Å². The van der Waals surface area contributed by atoms with Crippen LogP contribution < -0.4 is 5.73 Å². The first-order chi connectivity index (χ1) is 9.60. The fraction of sp³-hybridized carbons (Fsp3) is 0.933. The molecule has 20 heavy (non-hydrogen) atoms. The summed E-state index contributed by atoms with van der Waals surface area (Å²) < 4.78 is 5.04. The molecular weight excluding hydrogens is 254 g/mol. The van der Waals surface area contributed by atoms with Gasteiger partial charge in [0.15, 0.2) is 0 Å². The molecule has 5 nitrogen and oxygen atoms in total. The molecule has 2 fully saturated rings. The molecule has 0 aromatic carbocycles. The molecule has 0 aromatic heterocycles. The van der Waals surface area contributed by atoms with Crippen molar-refractivity contribution in [2.45, 2.75) is 57.7 Å². The normalized spacial score (nSPS) is 27.6. The van der Waals surface area contributed by atoms with Gasteiger partial charge < -0.3 is 10.5 Å². The molecule has 0 aromatic rings. The second kappa shape index (κ2) is 7.38. The summed E-state index contributed by atoms with van der Waals surface area (Å²) >= 11 is 0. The lowest BCUT2D eigenvalue weighted by Gasteiger charge is -2.35. The second-order valence-electron chi connectivity index (χ2n) is 6.17. The zero-order chi connectivity index (χ0) is 14.5. The third kappa shape index (κ3) is 4.17. The fourth-order valence-corrected chi connectivity index (χ4v) is 3.34. The molecule has 2 N–H and O–H groups in total. The molecule has 0 saturated carbocycles. The number of nitrogens with two attached hydrogens (primary N) is 1. The van der Waals surface area contributed by atoms with E-state index in [4.69, 9.17) is 10.5 Å². The zero-order valence-corrected chi connectivity index (χ0v) is 12.9. The van der Waals surface area contributed by atoms with E-state index >= 15 is 0 Å². The minimum absolute atomic E-state index is 0.0765. The SMILES string of the molecule is CCOC(=O)CC(C)N1CCC(N2CCC(N)CC2)C1. The topological polar surface area (TPSA) is 58.8 Å². The van der Waals surface area contributed by atoms with Crippen LogP contribution in [0.3, 0.4) is 0 Å². The standard InChI is InChI=1S/C15H29N3O2/c1-3-20-15(19)10-12(2)18-9-6-14(11-18)17-7-4-13(16)5-8-17/h12-14H,3-11,16H2,1-2H3. The first-order valence-corrected chi connectivity index (χ1v) is 7.99. The molecule has 0 amide bonds. The van der Waals surface area contributed by atoms with Crippen LogP contribution in [0.25, 0.3) is 0 Å². The molecule has 2 unspecified atom stereocenters. The van der Waals surface area contributed by atoms with E-state index in [9.17, 15) is 4.79 Å². The third-order valence-corrected chi connectivity index (χ3v) is 4.68. The summed E-state index contributed by atoms with van der Waals surface area (Å²) in [5.74, 6) is -0.0765. The summed E-state index contributed by atoms with van der Waals surface area (Å²) in [5.41, 5.74) is 5.97. The fourth-order valence-electron chi connectivity index (χ4n) is 3.34. The van der Waals surface area contributed by atoms with Gasteiger partial charge >= 0.3 is 5.97 Å². The minimum atomic E-state index is -0.0765. The quantitative estimate of drug-likeness (QED) is 0.757. The molecule has 0 spiro atoms. The minimum Gasteiger partial charge on any atom is -0.466 e. The molecule has 0 radical (unpaired) electrons. The molecule has 0 bridgehead atoms. The molecule has 2 saturated heterocycles. The molecule has 0 aliphatic carbocycles. The van der Waals surface area contributed by atoms with Crippen LogP contribution in [0.4, 0.5) is 0 Å². The number of carbonyl (C=O) groups excluding carboxylic acids is 1. The van der Waals surface area contributed by atoms with Crippen LogP contribution in [0.1, 0.15) is 39.5 Å². The Morgan fingerprint density at radius 3 is 2.65 bits per heavy atom. The van der Waals surface area contributed by atoms with Crippen LogP contribution in [0.2, 0.25) is 0 Å². The molecule has 5 heteroatoms. The Hall–Kier alpha value is -0.650. The first-order valence-electron chi connectivity index (χ1n) is 7.99. The summed E-state index contributed by atoms with van der Waals surface area (Å²) in [5, 5.41) is 0. The summed E-state index contributed by atoms with van der Waals surface area (Å²) in [7, 11) is 0. The van der Waals surface area contributed by atoms with E-state index in [1.807, 2.05) is 6.92 Å². The zero-order valence-electron chi connectivity index (χ0n) is 12.9. The van der Waals surface area contributed by atoms with Crippen molar-refractivity contribution >= 4 is 5.97 Å². The van der Waals surface area contributed by atoms with Crippen molar-refractivity contribution < 1.29 is 9.53 Å². The van der Waals surface area contributed by atoms with Gasteiger partial charge in [-0.1, -0.05) is 0 Å². The van der Waals surface area contributed by atoms with Gasteiger partial charge in [0, 0.05) is 31.2 Å². The van der Waals surface area contributed by atoms with Crippen molar-refractivity contribution in [2.24, 2.45) is 5.73 Å². The van der Waals surface area contributed by atoms with Crippen molar-refractivity contribution in [3.05, 3.63) is 0 Å². The molecule has 2 atom stereocenters. The van der Waals surface area contributed by atoms with Gasteiger partial charge in [0.05, 0.1) is 13.0 Å². The Balaban J connectivity index is 1.75. The number of rotatable bonds is 5. The van der Waals surface area contributed by atoms with Gasteiger partial charge in [-0.05, 0) is 46.2 Å². The largest absolute Gasteiger partial charge is 0.466 e. The van der Waals surface area contributed by atoms with Gasteiger partial charge in [-0.15, -0.1) is 0 Å². The Labute approximate surface area is 122 Å². The average Bonchev–Trinajstić information content (AvgIpc) is 2.89. The first kappa shape index (κ1) is 15.7. The molecular formula is C15H29N3O2. The second-order valence-corrected chi connectivity index (χ2v) is 6.17.